The van der Waals surface area contributed by atoms with Gasteiger partial charge in [-0.1, -0.05) is 17.7 Å². The van der Waals surface area contributed by atoms with Gasteiger partial charge >= 0.3 is 0 Å². The summed E-state index contributed by atoms with van der Waals surface area (Å²) in [5.41, 5.74) is 8.34. The van der Waals surface area contributed by atoms with Crippen molar-refractivity contribution in [2.24, 2.45) is 0 Å². The second-order valence-electron chi connectivity index (χ2n) is 3.83. The lowest BCUT2D eigenvalue weighted by Gasteiger charge is -2.10. The average molecular weight is 377 g/mol. The van der Waals surface area contributed by atoms with Crippen molar-refractivity contribution in [2.75, 3.05) is 11.1 Å². The second kappa shape index (κ2) is 5.75. The highest BCUT2D eigenvalue weighted by molar-refractivity contribution is 14.1. The van der Waals surface area contributed by atoms with Gasteiger partial charge in [-0.25, -0.2) is 4.39 Å². The van der Waals surface area contributed by atoms with Crippen LogP contribution in [0.4, 0.5) is 15.8 Å². The minimum absolute atomic E-state index is 0.130. The fourth-order valence-corrected chi connectivity index (χ4v) is 2.26. The first-order chi connectivity index (χ1) is 8.56. The summed E-state index contributed by atoms with van der Waals surface area (Å²) in [5, 5.41) is 3.32. The number of hydrogen-bond donors (Lipinski definition) is 2. The Balaban J connectivity index is 2.09. The molecule has 2 nitrogen and oxygen atoms in total. The van der Waals surface area contributed by atoms with Gasteiger partial charge in [0.1, 0.15) is 5.82 Å². The number of nitrogens with two attached hydrogens (primary N) is 1. The lowest BCUT2D eigenvalue weighted by molar-refractivity contribution is 0.627. The molecule has 0 aliphatic rings. The number of benzene rings is 2. The van der Waals surface area contributed by atoms with E-state index in [9.17, 15) is 4.39 Å². The minimum Gasteiger partial charge on any atom is -0.397 e. The molecule has 5 heteroatoms. The van der Waals surface area contributed by atoms with Crippen LogP contribution in [0.1, 0.15) is 5.56 Å². The van der Waals surface area contributed by atoms with Crippen molar-refractivity contribution in [3.05, 3.63) is 56.4 Å². The van der Waals surface area contributed by atoms with Gasteiger partial charge in [-0.05, 0) is 58.5 Å². The van der Waals surface area contributed by atoms with E-state index in [1.165, 1.54) is 6.07 Å². The van der Waals surface area contributed by atoms with Gasteiger partial charge in [0.2, 0.25) is 0 Å². The van der Waals surface area contributed by atoms with Gasteiger partial charge in [-0.2, -0.15) is 0 Å². The fourth-order valence-electron chi connectivity index (χ4n) is 1.54. The van der Waals surface area contributed by atoms with Gasteiger partial charge in [-0.15, -0.1) is 0 Å². The molecule has 0 unspecified atom stereocenters. The molecule has 0 amide bonds. The molecule has 0 bridgehead atoms. The molecule has 0 aliphatic carbocycles. The van der Waals surface area contributed by atoms with E-state index in [1.807, 2.05) is 18.2 Å². The number of hydrogen-bond acceptors (Lipinski definition) is 2. The molecule has 2 aromatic rings. The van der Waals surface area contributed by atoms with Crippen molar-refractivity contribution in [1.82, 2.24) is 0 Å². The van der Waals surface area contributed by atoms with Crippen LogP contribution in [0, 0.1) is 9.39 Å². The predicted octanol–water partition coefficient (Wildman–Crippen LogP) is 4.28. The van der Waals surface area contributed by atoms with Gasteiger partial charge < -0.3 is 11.1 Å². The molecule has 0 fully saturated rings. The molecule has 2 aromatic carbocycles. The maximum Gasteiger partial charge on any atom is 0.141 e. The van der Waals surface area contributed by atoms with Crippen molar-refractivity contribution >= 4 is 45.6 Å². The zero-order chi connectivity index (χ0) is 13.1. The van der Waals surface area contributed by atoms with Crippen LogP contribution in [-0.4, -0.2) is 0 Å². The molecule has 94 valence electrons. The number of nitrogens with one attached hydrogen (secondary N) is 1. The van der Waals surface area contributed by atoms with E-state index in [1.54, 1.807) is 12.1 Å². The van der Waals surface area contributed by atoms with Crippen LogP contribution >= 0.6 is 34.2 Å². The van der Waals surface area contributed by atoms with Crippen LogP contribution in [0.3, 0.4) is 0 Å². The Labute approximate surface area is 123 Å². The van der Waals surface area contributed by atoms with E-state index >= 15 is 0 Å². The number of nitrogen functional groups attached to an aromatic ring is 1. The Kier molecular flexibility index (Phi) is 4.29. The maximum absolute atomic E-state index is 13.0. The van der Waals surface area contributed by atoms with E-state index in [2.05, 4.69) is 27.9 Å². The first-order valence-electron chi connectivity index (χ1n) is 5.29. The zero-order valence-electron chi connectivity index (χ0n) is 9.38. The molecule has 18 heavy (non-hydrogen) atoms. The summed E-state index contributed by atoms with van der Waals surface area (Å²) in [6.07, 6.45) is 0. The van der Waals surface area contributed by atoms with E-state index in [4.69, 9.17) is 17.3 Å². The van der Waals surface area contributed by atoms with Gasteiger partial charge in [0.15, 0.2) is 0 Å². The van der Waals surface area contributed by atoms with Gasteiger partial charge in [0.25, 0.3) is 0 Å². The molecule has 0 saturated carbocycles. The van der Waals surface area contributed by atoms with Crippen molar-refractivity contribution in [3.8, 4) is 0 Å². The Morgan fingerprint density at radius 2 is 2.00 bits per heavy atom. The molecule has 0 spiro atoms. The third kappa shape index (κ3) is 3.26. The molecular weight excluding hydrogens is 366 g/mol. The summed E-state index contributed by atoms with van der Waals surface area (Å²) in [6.45, 7) is 0.546. The van der Waals surface area contributed by atoms with E-state index in [0.717, 1.165) is 14.8 Å². The maximum atomic E-state index is 13.0. The minimum atomic E-state index is -0.408. The molecule has 3 N–H and O–H groups in total. The van der Waals surface area contributed by atoms with Crippen molar-refractivity contribution in [2.45, 2.75) is 6.54 Å². The van der Waals surface area contributed by atoms with Crippen LogP contribution in [0.5, 0.6) is 0 Å². The summed E-state index contributed by atoms with van der Waals surface area (Å²) < 4.78 is 14.1. The third-order valence-corrected chi connectivity index (χ3v) is 3.44. The Morgan fingerprint density at radius 1 is 1.22 bits per heavy atom. The molecule has 0 radical (unpaired) electrons. The number of rotatable bonds is 3. The second-order valence-corrected chi connectivity index (χ2v) is 5.49. The number of anilines is 2. The van der Waals surface area contributed by atoms with Gasteiger partial charge in [0.05, 0.1) is 16.4 Å². The summed E-state index contributed by atoms with van der Waals surface area (Å²) >= 11 is 7.92. The lowest BCUT2D eigenvalue weighted by atomic mass is 10.2. The third-order valence-electron chi connectivity index (χ3n) is 2.48. The van der Waals surface area contributed by atoms with Crippen LogP contribution in [0.2, 0.25) is 5.02 Å². The van der Waals surface area contributed by atoms with Crippen molar-refractivity contribution in [3.63, 3.8) is 0 Å². The Morgan fingerprint density at radius 3 is 2.67 bits per heavy atom. The predicted molar refractivity (Wildman–Crippen MR) is 82.3 cm³/mol. The summed E-state index contributed by atoms with van der Waals surface area (Å²) in [4.78, 5) is 0. The van der Waals surface area contributed by atoms with Gasteiger partial charge in [-0.3, -0.25) is 0 Å². The molecule has 0 heterocycles. The molecular formula is C13H11ClFIN2. The lowest BCUT2D eigenvalue weighted by Crippen LogP contribution is -2.02. The molecule has 0 aliphatic heterocycles. The fraction of sp³-hybridized carbons (Fsp3) is 0.0769. The summed E-state index contributed by atoms with van der Waals surface area (Å²) in [5.74, 6) is -0.408. The number of halogens is 3. The zero-order valence-corrected chi connectivity index (χ0v) is 12.3. The van der Waals surface area contributed by atoms with Crippen LogP contribution in [0.25, 0.3) is 0 Å². The average Bonchev–Trinajstić information content (AvgIpc) is 2.32. The molecule has 0 atom stereocenters. The smallest absolute Gasteiger partial charge is 0.141 e. The van der Waals surface area contributed by atoms with Crippen LogP contribution in [-0.2, 0) is 6.54 Å². The van der Waals surface area contributed by atoms with Crippen molar-refractivity contribution in [1.29, 1.82) is 0 Å². The van der Waals surface area contributed by atoms with Crippen molar-refractivity contribution < 1.29 is 4.39 Å². The highest BCUT2D eigenvalue weighted by atomic mass is 127. The van der Waals surface area contributed by atoms with E-state index < -0.39 is 5.82 Å². The Bertz CT molecular complexity index is 575. The van der Waals surface area contributed by atoms with E-state index in [-0.39, 0.29) is 5.02 Å². The van der Waals surface area contributed by atoms with E-state index in [0.29, 0.717) is 12.2 Å². The monoisotopic (exact) mass is 376 g/mol. The molecule has 2 rings (SSSR count). The van der Waals surface area contributed by atoms with Gasteiger partial charge in [0, 0.05) is 10.1 Å². The SMILES string of the molecule is Nc1cc(I)ccc1NCc1ccc(F)c(Cl)c1. The first-order valence-corrected chi connectivity index (χ1v) is 6.75. The quantitative estimate of drug-likeness (QED) is 0.620. The molecule has 0 saturated heterocycles. The topological polar surface area (TPSA) is 38.0 Å². The van der Waals surface area contributed by atoms with Crippen LogP contribution < -0.4 is 11.1 Å². The standard InChI is InChI=1S/C13H11ClFIN2/c14-10-5-8(1-3-11(10)15)7-18-13-4-2-9(16)6-12(13)17/h1-6,18H,7,17H2. The largest absolute Gasteiger partial charge is 0.397 e. The summed E-state index contributed by atoms with van der Waals surface area (Å²) in [7, 11) is 0. The van der Waals surface area contributed by atoms with Crippen LogP contribution in [0.15, 0.2) is 36.4 Å². The Hall–Kier alpha value is -1.01. The highest BCUT2D eigenvalue weighted by Gasteiger charge is 2.02. The first kappa shape index (κ1) is 13.4. The normalized spacial score (nSPS) is 10.4. The molecule has 0 aromatic heterocycles. The summed E-state index contributed by atoms with van der Waals surface area (Å²) in [6, 6.07) is 10.4. The highest BCUT2D eigenvalue weighted by Crippen LogP contribution is 2.22.